The highest BCUT2D eigenvalue weighted by Crippen LogP contribution is 2.21. The van der Waals surface area contributed by atoms with Crippen molar-refractivity contribution in [2.75, 3.05) is 13.2 Å². The van der Waals surface area contributed by atoms with Gasteiger partial charge < -0.3 is 24.8 Å². The highest BCUT2D eigenvalue weighted by molar-refractivity contribution is 6.30. The first kappa shape index (κ1) is 26.4. The van der Waals surface area contributed by atoms with Gasteiger partial charge in [-0.05, 0) is 79.8 Å². The molecule has 0 unspecified atom stereocenters. The molecule has 2 amide bonds. The number of hydrogen-bond donors (Lipinski definition) is 2. The van der Waals surface area contributed by atoms with Gasteiger partial charge in [-0.15, -0.1) is 0 Å². The standard InChI is InChI=1S/C29H31ClN2O5/c30-22-6-12-25(13-7-22)36-19-28(33)31-23-8-10-24(11-9-23)32-29(34)20-37-27-16-14-26(15-17-27)35-18-21-4-2-1-3-5-21/h1-7,12-17,23-24H,8-11,18-20H2,(H,31,33)(H,32,34). The van der Waals surface area contributed by atoms with E-state index < -0.39 is 0 Å². The second-order valence-corrected chi connectivity index (χ2v) is 9.40. The lowest BCUT2D eigenvalue weighted by Gasteiger charge is -2.29. The molecule has 0 aliphatic heterocycles. The molecule has 1 saturated carbocycles. The number of rotatable bonds is 11. The molecule has 4 rings (SSSR count). The van der Waals surface area contributed by atoms with Gasteiger partial charge in [-0.2, -0.15) is 0 Å². The highest BCUT2D eigenvalue weighted by atomic mass is 35.5. The van der Waals surface area contributed by atoms with Crippen LogP contribution in [0.25, 0.3) is 0 Å². The number of nitrogens with one attached hydrogen (secondary N) is 2. The van der Waals surface area contributed by atoms with Crippen LogP contribution in [0.4, 0.5) is 0 Å². The zero-order chi connectivity index (χ0) is 25.9. The third-order valence-corrected chi connectivity index (χ3v) is 6.33. The first-order valence-corrected chi connectivity index (χ1v) is 12.8. The van der Waals surface area contributed by atoms with Gasteiger partial charge in [0.05, 0.1) is 0 Å². The van der Waals surface area contributed by atoms with Crippen molar-refractivity contribution in [2.45, 2.75) is 44.4 Å². The van der Waals surface area contributed by atoms with E-state index in [1.165, 1.54) is 0 Å². The zero-order valence-corrected chi connectivity index (χ0v) is 21.3. The minimum atomic E-state index is -0.160. The van der Waals surface area contributed by atoms with E-state index in [-0.39, 0.29) is 37.1 Å². The molecule has 1 aliphatic carbocycles. The van der Waals surface area contributed by atoms with Crippen molar-refractivity contribution >= 4 is 23.4 Å². The molecule has 0 saturated heterocycles. The molecule has 3 aromatic rings. The van der Waals surface area contributed by atoms with Crippen molar-refractivity contribution in [3.63, 3.8) is 0 Å². The third-order valence-electron chi connectivity index (χ3n) is 6.08. The minimum absolute atomic E-state index is 0.0459. The molecular weight excluding hydrogens is 492 g/mol. The Morgan fingerprint density at radius 2 is 1.08 bits per heavy atom. The van der Waals surface area contributed by atoms with Gasteiger partial charge in [-0.1, -0.05) is 41.9 Å². The Bertz CT molecular complexity index is 1130. The number of carbonyl (C=O) groups excluding carboxylic acids is 2. The van der Waals surface area contributed by atoms with E-state index in [2.05, 4.69) is 10.6 Å². The van der Waals surface area contributed by atoms with E-state index in [1.807, 2.05) is 42.5 Å². The zero-order valence-electron chi connectivity index (χ0n) is 20.5. The van der Waals surface area contributed by atoms with E-state index in [9.17, 15) is 9.59 Å². The number of hydrogen-bond acceptors (Lipinski definition) is 5. The van der Waals surface area contributed by atoms with Crippen molar-refractivity contribution in [1.82, 2.24) is 10.6 Å². The van der Waals surface area contributed by atoms with Gasteiger partial charge in [0, 0.05) is 17.1 Å². The summed E-state index contributed by atoms with van der Waals surface area (Å²) in [4.78, 5) is 24.6. The van der Waals surface area contributed by atoms with Gasteiger partial charge >= 0.3 is 0 Å². The summed E-state index contributed by atoms with van der Waals surface area (Å²) in [6.45, 7) is 0.394. The summed E-state index contributed by atoms with van der Waals surface area (Å²) in [5.74, 6) is 1.62. The van der Waals surface area contributed by atoms with Crippen LogP contribution in [0.1, 0.15) is 31.2 Å². The maximum atomic E-state index is 12.4. The van der Waals surface area contributed by atoms with E-state index in [4.69, 9.17) is 25.8 Å². The molecule has 2 N–H and O–H groups in total. The lowest BCUT2D eigenvalue weighted by atomic mass is 9.91. The molecule has 0 aromatic heterocycles. The van der Waals surface area contributed by atoms with Crippen molar-refractivity contribution in [3.05, 3.63) is 89.4 Å². The van der Waals surface area contributed by atoms with Crippen LogP contribution in [0.5, 0.6) is 17.2 Å². The van der Waals surface area contributed by atoms with Crippen molar-refractivity contribution in [2.24, 2.45) is 0 Å². The summed E-state index contributed by atoms with van der Waals surface area (Å²) in [5, 5.41) is 6.65. The highest BCUT2D eigenvalue weighted by Gasteiger charge is 2.23. The molecule has 8 heteroatoms. The van der Waals surface area contributed by atoms with E-state index in [1.54, 1.807) is 36.4 Å². The third kappa shape index (κ3) is 9.03. The van der Waals surface area contributed by atoms with Crippen LogP contribution >= 0.6 is 11.6 Å². The fourth-order valence-corrected chi connectivity index (χ4v) is 4.25. The van der Waals surface area contributed by atoms with Crippen molar-refractivity contribution in [1.29, 1.82) is 0 Å². The molecule has 0 heterocycles. The molecule has 7 nitrogen and oxygen atoms in total. The average molecular weight is 523 g/mol. The van der Waals surface area contributed by atoms with E-state index >= 15 is 0 Å². The van der Waals surface area contributed by atoms with E-state index in [0.717, 1.165) is 37.0 Å². The predicted molar refractivity (Wildman–Crippen MR) is 142 cm³/mol. The molecule has 1 fully saturated rings. The molecule has 194 valence electrons. The van der Waals surface area contributed by atoms with Crippen molar-refractivity contribution < 1.29 is 23.8 Å². The Labute approximate surface area is 222 Å². The van der Waals surface area contributed by atoms with Crippen LogP contribution in [-0.4, -0.2) is 37.1 Å². The summed E-state index contributed by atoms with van der Waals surface area (Å²) < 4.78 is 16.9. The summed E-state index contributed by atoms with van der Waals surface area (Å²) in [7, 11) is 0. The molecule has 0 radical (unpaired) electrons. The Balaban J connectivity index is 1.09. The normalized spacial score (nSPS) is 16.9. The Hall–Kier alpha value is -3.71. The lowest BCUT2D eigenvalue weighted by molar-refractivity contribution is -0.125. The van der Waals surface area contributed by atoms with E-state index in [0.29, 0.717) is 23.1 Å². The van der Waals surface area contributed by atoms with Crippen LogP contribution in [-0.2, 0) is 16.2 Å². The maximum Gasteiger partial charge on any atom is 0.258 e. The molecule has 3 aromatic carbocycles. The van der Waals surface area contributed by atoms with Crippen molar-refractivity contribution in [3.8, 4) is 17.2 Å². The number of halogens is 1. The first-order chi connectivity index (χ1) is 18.0. The lowest BCUT2D eigenvalue weighted by Crippen LogP contribution is -2.45. The maximum absolute atomic E-state index is 12.4. The topological polar surface area (TPSA) is 85.9 Å². The fraction of sp³-hybridized carbons (Fsp3) is 0.310. The van der Waals surface area contributed by atoms with Crippen LogP contribution in [0, 0.1) is 0 Å². The molecule has 37 heavy (non-hydrogen) atoms. The number of carbonyl (C=O) groups is 2. The van der Waals surface area contributed by atoms with Gasteiger partial charge in [0.25, 0.3) is 11.8 Å². The average Bonchev–Trinajstić information content (AvgIpc) is 2.93. The minimum Gasteiger partial charge on any atom is -0.489 e. The van der Waals surface area contributed by atoms with Gasteiger partial charge in [-0.25, -0.2) is 0 Å². The molecule has 0 spiro atoms. The van der Waals surface area contributed by atoms with Gasteiger partial charge in [-0.3, -0.25) is 9.59 Å². The molecule has 0 bridgehead atoms. The number of benzene rings is 3. The van der Waals surface area contributed by atoms with Crippen LogP contribution in [0.2, 0.25) is 5.02 Å². The Morgan fingerprint density at radius 3 is 1.57 bits per heavy atom. The summed E-state index contributed by atoms with van der Waals surface area (Å²) in [6, 6.07) is 24.2. The molecule has 1 aliphatic rings. The number of ether oxygens (including phenoxy) is 3. The SMILES string of the molecule is O=C(COc1ccc(Cl)cc1)NC1CCC(NC(=O)COc2ccc(OCc3ccccc3)cc2)CC1. The monoisotopic (exact) mass is 522 g/mol. The second-order valence-electron chi connectivity index (χ2n) is 8.96. The largest absolute Gasteiger partial charge is 0.489 e. The quantitative estimate of drug-likeness (QED) is 0.373. The van der Waals surface area contributed by atoms with Gasteiger partial charge in [0.15, 0.2) is 13.2 Å². The summed E-state index contributed by atoms with van der Waals surface area (Å²) in [5.41, 5.74) is 1.10. The van der Waals surface area contributed by atoms with Crippen LogP contribution < -0.4 is 24.8 Å². The smallest absolute Gasteiger partial charge is 0.258 e. The predicted octanol–water partition coefficient (Wildman–Crippen LogP) is 4.92. The molecular formula is C29H31ClN2O5. The summed E-state index contributed by atoms with van der Waals surface area (Å²) in [6.07, 6.45) is 3.18. The second kappa shape index (κ2) is 13.6. The Morgan fingerprint density at radius 1 is 0.649 bits per heavy atom. The Kier molecular flexibility index (Phi) is 9.66. The van der Waals surface area contributed by atoms with Crippen LogP contribution in [0.15, 0.2) is 78.9 Å². The van der Waals surface area contributed by atoms with Crippen LogP contribution in [0.3, 0.4) is 0 Å². The fourth-order valence-electron chi connectivity index (χ4n) is 4.12. The first-order valence-electron chi connectivity index (χ1n) is 12.4. The van der Waals surface area contributed by atoms with Gasteiger partial charge in [0.1, 0.15) is 23.9 Å². The van der Waals surface area contributed by atoms with Gasteiger partial charge in [0.2, 0.25) is 0 Å². The number of amides is 2. The summed E-state index contributed by atoms with van der Waals surface area (Å²) >= 11 is 5.85. The molecule has 0 atom stereocenters.